The second-order valence-corrected chi connectivity index (χ2v) is 5.44. The minimum absolute atomic E-state index is 0.0346. The average Bonchev–Trinajstić information content (AvgIpc) is 2.53. The lowest BCUT2D eigenvalue weighted by Crippen LogP contribution is -2.35. The zero-order valence-corrected chi connectivity index (χ0v) is 13.4. The Morgan fingerprint density at radius 2 is 1.92 bits per heavy atom. The molecular formula is C16H18FN3O4. The molecule has 2 aromatic rings. The van der Waals surface area contributed by atoms with Gasteiger partial charge in [-0.1, -0.05) is 0 Å². The first kappa shape index (κ1) is 17.6. The average molecular weight is 335 g/mol. The molecule has 3 N–H and O–H groups in total. The lowest BCUT2D eigenvalue weighted by atomic mass is 10.1. The molecule has 0 aliphatic heterocycles. The summed E-state index contributed by atoms with van der Waals surface area (Å²) in [6.07, 6.45) is 1.29. The van der Waals surface area contributed by atoms with Gasteiger partial charge in [0.25, 0.3) is 11.5 Å². The van der Waals surface area contributed by atoms with Gasteiger partial charge in [0.15, 0.2) is 0 Å². The molecule has 0 radical (unpaired) electrons. The monoisotopic (exact) mass is 335 g/mol. The van der Waals surface area contributed by atoms with Crippen molar-refractivity contribution in [1.29, 1.82) is 0 Å². The number of aromatic amines is 1. The first-order valence-corrected chi connectivity index (χ1v) is 7.32. The number of hydrogen-bond donors (Lipinski definition) is 3. The fraction of sp³-hybridized carbons (Fsp3) is 0.312. The van der Waals surface area contributed by atoms with E-state index in [4.69, 9.17) is 5.11 Å². The van der Waals surface area contributed by atoms with Crippen molar-refractivity contribution >= 4 is 5.91 Å². The van der Waals surface area contributed by atoms with E-state index < -0.39 is 17.2 Å². The van der Waals surface area contributed by atoms with Gasteiger partial charge in [-0.3, -0.25) is 19.1 Å². The van der Waals surface area contributed by atoms with E-state index >= 15 is 0 Å². The highest BCUT2D eigenvalue weighted by molar-refractivity contribution is 5.94. The summed E-state index contributed by atoms with van der Waals surface area (Å²) in [6.45, 7) is 2.80. The predicted octanol–water partition coefficient (Wildman–Crippen LogP) is 0.215. The molecule has 0 spiro atoms. The molecule has 1 heterocycles. The third-order valence-corrected chi connectivity index (χ3v) is 3.56. The highest BCUT2D eigenvalue weighted by Crippen LogP contribution is 2.14. The molecule has 8 heteroatoms. The maximum atomic E-state index is 13.6. The van der Waals surface area contributed by atoms with Crippen LogP contribution in [0, 0.1) is 19.7 Å². The number of halogens is 1. The number of rotatable bonds is 5. The van der Waals surface area contributed by atoms with E-state index in [1.807, 2.05) is 0 Å². The zero-order valence-electron chi connectivity index (χ0n) is 13.4. The second-order valence-electron chi connectivity index (χ2n) is 5.44. The summed E-state index contributed by atoms with van der Waals surface area (Å²) in [5, 5.41) is 11.5. The number of aliphatic hydroxyl groups is 1. The van der Waals surface area contributed by atoms with E-state index in [1.54, 1.807) is 13.8 Å². The SMILES string of the molecule is Cc1cc(C(=O)NCc2cn(CCO)c(=O)[nH]c2=O)cc(C)c1F. The van der Waals surface area contributed by atoms with Crippen LogP contribution in [0.15, 0.2) is 27.9 Å². The van der Waals surface area contributed by atoms with Gasteiger partial charge in [-0.15, -0.1) is 0 Å². The van der Waals surface area contributed by atoms with Crippen molar-refractivity contribution in [2.45, 2.75) is 26.9 Å². The maximum absolute atomic E-state index is 13.6. The van der Waals surface area contributed by atoms with E-state index in [-0.39, 0.29) is 36.6 Å². The van der Waals surface area contributed by atoms with E-state index in [0.717, 1.165) is 4.57 Å². The minimum Gasteiger partial charge on any atom is -0.395 e. The molecule has 128 valence electrons. The first-order valence-electron chi connectivity index (χ1n) is 7.32. The summed E-state index contributed by atoms with van der Waals surface area (Å²) >= 11 is 0. The van der Waals surface area contributed by atoms with Crippen molar-refractivity contribution < 1.29 is 14.3 Å². The van der Waals surface area contributed by atoms with Crippen LogP contribution in [0.3, 0.4) is 0 Å². The van der Waals surface area contributed by atoms with Gasteiger partial charge in [0.2, 0.25) is 0 Å². The molecule has 2 rings (SSSR count). The fourth-order valence-corrected chi connectivity index (χ4v) is 2.31. The van der Waals surface area contributed by atoms with Gasteiger partial charge >= 0.3 is 5.69 Å². The van der Waals surface area contributed by atoms with Crippen LogP contribution in [-0.2, 0) is 13.1 Å². The summed E-state index contributed by atoms with van der Waals surface area (Å²) in [5.74, 6) is -0.820. The van der Waals surface area contributed by atoms with Crippen LogP contribution in [0.5, 0.6) is 0 Å². The number of H-pyrrole nitrogens is 1. The molecule has 1 aromatic carbocycles. The minimum atomic E-state index is -0.631. The Balaban J connectivity index is 2.19. The van der Waals surface area contributed by atoms with Crippen LogP contribution in [0.25, 0.3) is 0 Å². The van der Waals surface area contributed by atoms with Crippen LogP contribution in [0.1, 0.15) is 27.0 Å². The van der Waals surface area contributed by atoms with E-state index in [9.17, 15) is 18.8 Å². The van der Waals surface area contributed by atoms with Crippen LogP contribution in [0.4, 0.5) is 4.39 Å². The number of aryl methyl sites for hydroxylation is 2. The Labute approximate surface area is 136 Å². The number of amides is 1. The van der Waals surface area contributed by atoms with Gasteiger partial charge in [0.1, 0.15) is 5.82 Å². The van der Waals surface area contributed by atoms with Crippen LogP contribution in [-0.4, -0.2) is 27.2 Å². The molecular weight excluding hydrogens is 317 g/mol. The molecule has 1 aromatic heterocycles. The first-order chi connectivity index (χ1) is 11.3. The number of carbonyl (C=O) groups excluding carboxylic acids is 1. The highest BCUT2D eigenvalue weighted by Gasteiger charge is 2.12. The normalized spacial score (nSPS) is 10.7. The molecule has 0 atom stereocenters. The van der Waals surface area contributed by atoms with Crippen molar-refractivity contribution in [3.63, 3.8) is 0 Å². The smallest absolute Gasteiger partial charge is 0.328 e. The molecule has 0 unspecified atom stereocenters. The standard InChI is InChI=1S/C16H18FN3O4/c1-9-5-11(6-10(2)13(9)17)14(22)18-7-12-8-20(3-4-21)16(24)19-15(12)23/h5-6,8,21H,3-4,7H2,1-2H3,(H,18,22)(H,19,23,24). The van der Waals surface area contributed by atoms with Crippen molar-refractivity contribution in [3.8, 4) is 0 Å². The number of benzene rings is 1. The third kappa shape index (κ3) is 3.77. The predicted molar refractivity (Wildman–Crippen MR) is 85.5 cm³/mol. The molecule has 24 heavy (non-hydrogen) atoms. The van der Waals surface area contributed by atoms with Gasteiger partial charge < -0.3 is 10.4 Å². The topological polar surface area (TPSA) is 104 Å². The summed E-state index contributed by atoms with van der Waals surface area (Å²) in [6, 6.07) is 2.85. The number of aliphatic hydroxyl groups excluding tert-OH is 1. The largest absolute Gasteiger partial charge is 0.395 e. The number of nitrogens with zero attached hydrogens (tertiary/aromatic N) is 1. The van der Waals surface area contributed by atoms with Crippen molar-refractivity contribution in [2.75, 3.05) is 6.61 Å². The van der Waals surface area contributed by atoms with Gasteiger partial charge in [0.05, 0.1) is 18.7 Å². The van der Waals surface area contributed by atoms with Crippen LogP contribution < -0.4 is 16.6 Å². The third-order valence-electron chi connectivity index (χ3n) is 3.56. The molecule has 0 aliphatic carbocycles. The van der Waals surface area contributed by atoms with Gasteiger partial charge in [0, 0.05) is 18.3 Å². The second kappa shape index (κ2) is 7.22. The number of carbonyl (C=O) groups is 1. The van der Waals surface area contributed by atoms with Crippen molar-refractivity contribution in [1.82, 2.24) is 14.9 Å². The maximum Gasteiger partial charge on any atom is 0.328 e. The highest BCUT2D eigenvalue weighted by atomic mass is 19.1. The zero-order chi connectivity index (χ0) is 17.9. The Hall–Kier alpha value is -2.74. The Kier molecular flexibility index (Phi) is 5.30. The number of nitrogens with one attached hydrogen (secondary N) is 2. The van der Waals surface area contributed by atoms with E-state index in [0.29, 0.717) is 11.1 Å². The van der Waals surface area contributed by atoms with Crippen LogP contribution >= 0.6 is 0 Å². The quantitative estimate of drug-likeness (QED) is 0.727. The molecule has 1 amide bonds. The molecule has 0 fully saturated rings. The molecule has 0 aliphatic rings. The fourth-order valence-electron chi connectivity index (χ4n) is 2.31. The molecule has 0 saturated carbocycles. The van der Waals surface area contributed by atoms with E-state index in [2.05, 4.69) is 10.3 Å². The summed E-state index contributed by atoms with van der Waals surface area (Å²) in [5.41, 5.74) is -0.0719. The summed E-state index contributed by atoms with van der Waals surface area (Å²) in [7, 11) is 0. The molecule has 7 nitrogen and oxygen atoms in total. The van der Waals surface area contributed by atoms with Crippen molar-refractivity contribution in [3.05, 3.63) is 67.2 Å². The number of aromatic nitrogens is 2. The number of hydrogen-bond acceptors (Lipinski definition) is 4. The Morgan fingerprint density at radius 1 is 1.29 bits per heavy atom. The lowest BCUT2D eigenvalue weighted by Gasteiger charge is -2.09. The molecule has 0 saturated heterocycles. The van der Waals surface area contributed by atoms with Gasteiger partial charge in [-0.05, 0) is 37.1 Å². The van der Waals surface area contributed by atoms with Crippen molar-refractivity contribution in [2.24, 2.45) is 0 Å². The Morgan fingerprint density at radius 3 is 2.50 bits per heavy atom. The Bertz CT molecular complexity index is 863. The van der Waals surface area contributed by atoms with Gasteiger partial charge in [-0.2, -0.15) is 0 Å². The van der Waals surface area contributed by atoms with Crippen LogP contribution in [0.2, 0.25) is 0 Å². The lowest BCUT2D eigenvalue weighted by molar-refractivity contribution is 0.0950. The molecule has 0 bridgehead atoms. The van der Waals surface area contributed by atoms with E-state index in [1.165, 1.54) is 18.3 Å². The van der Waals surface area contributed by atoms with Gasteiger partial charge in [-0.25, -0.2) is 9.18 Å². The summed E-state index contributed by atoms with van der Waals surface area (Å²) < 4.78 is 14.8. The summed E-state index contributed by atoms with van der Waals surface area (Å²) in [4.78, 5) is 37.6.